The zero-order valence-electron chi connectivity index (χ0n) is 14.9. The summed E-state index contributed by atoms with van der Waals surface area (Å²) in [5, 5.41) is 11.4. The molecule has 0 bridgehead atoms. The number of ether oxygens (including phenoxy) is 1. The molecule has 1 atom stereocenters. The van der Waals surface area contributed by atoms with Crippen molar-refractivity contribution in [3.63, 3.8) is 0 Å². The number of rotatable bonds is 6. The molecule has 4 aromatic rings. The molecule has 144 valence electrons. The van der Waals surface area contributed by atoms with Crippen molar-refractivity contribution in [2.45, 2.75) is 6.10 Å². The highest BCUT2D eigenvalue weighted by atomic mass is 32.1. The molecule has 0 saturated carbocycles. The predicted octanol–water partition coefficient (Wildman–Crippen LogP) is 4.92. The average molecular weight is 406 g/mol. The Kier molecular flexibility index (Phi) is 4.92. The SMILES string of the molecule is O=C(O[C@@H](C(=O)c1c[nH]c2ccccc12)c1ccccc1)c1ccc([N+](=O)[O-])s1. The summed E-state index contributed by atoms with van der Waals surface area (Å²) >= 11 is 0.707. The third-order valence-corrected chi connectivity index (χ3v) is 5.41. The smallest absolute Gasteiger partial charge is 0.349 e. The van der Waals surface area contributed by atoms with Gasteiger partial charge in [-0.2, -0.15) is 0 Å². The van der Waals surface area contributed by atoms with E-state index in [4.69, 9.17) is 4.74 Å². The summed E-state index contributed by atoms with van der Waals surface area (Å²) in [6, 6.07) is 18.6. The van der Waals surface area contributed by atoms with Gasteiger partial charge >= 0.3 is 11.0 Å². The van der Waals surface area contributed by atoms with Crippen LogP contribution in [0.2, 0.25) is 0 Å². The van der Waals surface area contributed by atoms with Crippen LogP contribution in [-0.4, -0.2) is 21.7 Å². The summed E-state index contributed by atoms with van der Waals surface area (Å²) in [7, 11) is 0. The van der Waals surface area contributed by atoms with Crippen molar-refractivity contribution in [2.75, 3.05) is 0 Å². The number of thiophene rings is 1. The zero-order chi connectivity index (χ0) is 20.4. The van der Waals surface area contributed by atoms with Gasteiger partial charge in [0.25, 0.3) is 0 Å². The molecular formula is C21H14N2O5S. The lowest BCUT2D eigenvalue weighted by Crippen LogP contribution is -2.19. The lowest BCUT2D eigenvalue weighted by molar-refractivity contribution is -0.380. The maximum atomic E-state index is 13.3. The Balaban J connectivity index is 1.69. The molecule has 0 spiro atoms. The highest BCUT2D eigenvalue weighted by molar-refractivity contribution is 7.17. The fraction of sp³-hybridized carbons (Fsp3) is 0.0476. The Hall–Kier alpha value is -3.78. The summed E-state index contributed by atoms with van der Waals surface area (Å²) in [6.07, 6.45) is 0.413. The number of esters is 1. The van der Waals surface area contributed by atoms with E-state index in [-0.39, 0.29) is 15.7 Å². The van der Waals surface area contributed by atoms with Crippen LogP contribution in [0.3, 0.4) is 0 Å². The molecule has 8 heteroatoms. The molecule has 0 aliphatic carbocycles. The number of hydrogen-bond acceptors (Lipinski definition) is 6. The first-order valence-corrected chi connectivity index (χ1v) is 9.46. The number of nitrogens with zero attached hydrogens (tertiary/aromatic N) is 1. The second-order valence-corrected chi connectivity index (χ2v) is 7.27. The number of hydrogen-bond donors (Lipinski definition) is 1. The first-order chi connectivity index (χ1) is 14.0. The maximum Gasteiger partial charge on any atom is 0.349 e. The minimum absolute atomic E-state index is 0.0596. The van der Waals surface area contributed by atoms with Crippen LogP contribution >= 0.6 is 11.3 Å². The normalized spacial score (nSPS) is 11.9. The highest BCUT2D eigenvalue weighted by Gasteiger charge is 2.29. The minimum atomic E-state index is -1.18. The van der Waals surface area contributed by atoms with Gasteiger partial charge in [0.15, 0.2) is 6.10 Å². The van der Waals surface area contributed by atoms with E-state index >= 15 is 0 Å². The summed E-state index contributed by atoms with van der Waals surface area (Å²) in [4.78, 5) is 39.3. The summed E-state index contributed by atoms with van der Waals surface area (Å²) < 4.78 is 5.54. The van der Waals surface area contributed by atoms with E-state index in [0.29, 0.717) is 22.5 Å². The molecule has 0 saturated heterocycles. The van der Waals surface area contributed by atoms with Crippen molar-refractivity contribution in [1.82, 2.24) is 4.98 Å². The molecule has 7 nitrogen and oxygen atoms in total. The number of ketones is 1. The van der Waals surface area contributed by atoms with Crippen molar-refractivity contribution in [3.05, 3.63) is 99.0 Å². The number of Topliss-reactive ketones (excluding diaryl/α,β-unsaturated/α-hetero) is 1. The molecule has 1 N–H and O–H groups in total. The van der Waals surface area contributed by atoms with Crippen LogP contribution in [0.25, 0.3) is 10.9 Å². The molecule has 2 heterocycles. The Bertz CT molecular complexity index is 1210. The van der Waals surface area contributed by atoms with Crippen LogP contribution in [0.5, 0.6) is 0 Å². The van der Waals surface area contributed by atoms with E-state index in [1.54, 1.807) is 36.5 Å². The molecule has 2 aromatic carbocycles. The lowest BCUT2D eigenvalue weighted by atomic mass is 9.99. The summed E-state index contributed by atoms with van der Waals surface area (Å²) in [5.41, 5.74) is 1.71. The van der Waals surface area contributed by atoms with Crippen molar-refractivity contribution in [2.24, 2.45) is 0 Å². The number of carbonyl (C=O) groups excluding carboxylic acids is 2. The van der Waals surface area contributed by atoms with Crippen LogP contribution in [0, 0.1) is 10.1 Å². The molecule has 0 fully saturated rings. The zero-order valence-corrected chi connectivity index (χ0v) is 15.7. The van der Waals surface area contributed by atoms with E-state index in [1.165, 1.54) is 12.1 Å². The lowest BCUT2D eigenvalue weighted by Gasteiger charge is -2.16. The van der Waals surface area contributed by atoms with Gasteiger partial charge in [-0.15, -0.1) is 0 Å². The standard InChI is InChI=1S/C21H14N2O5S/c24-19(15-12-22-16-9-5-4-8-14(15)16)20(13-6-2-1-3-7-13)28-21(25)17-10-11-18(29-17)23(26)27/h1-12,20,22H/t20-/m1/s1. The number of H-pyrrole nitrogens is 1. The van der Waals surface area contributed by atoms with E-state index in [1.807, 2.05) is 24.3 Å². The molecule has 2 aromatic heterocycles. The van der Waals surface area contributed by atoms with Crippen molar-refractivity contribution in [3.8, 4) is 0 Å². The van der Waals surface area contributed by atoms with Gasteiger partial charge in [0, 0.05) is 34.3 Å². The number of aromatic nitrogens is 1. The number of fused-ring (bicyclic) bond motifs is 1. The van der Waals surface area contributed by atoms with E-state index < -0.39 is 17.0 Å². The van der Waals surface area contributed by atoms with Gasteiger partial charge in [-0.05, 0) is 12.1 Å². The first-order valence-electron chi connectivity index (χ1n) is 8.65. The monoisotopic (exact) mass is 406 g/mol. The minimum Gasteiger partial charge on any atom is -0.445 e. The molecule has 0 amide bonds. The van der Waals surface area contributed by atoms with E-state index in [9.17, 15) is 19.7 Å². The number of nitrogens with one attached hydrogen (secondary N) is 1. The van der Waals surface area contributed by atoms with Crippen LogP contribution < -0.4 is 0 Å². The second kappa shape index (κ2) is 7.69. The Labute approximate surface area is 168 Å². The average Bonchev–Trinajstić information content (AvgIpc) is 3.39. The van der Waals surface area contributed by atoms with Gasteiger partial charge in [0.05, 0.1) is 4.92 Å². The summed E-state index contributed by atoms with van der Waals surface area (Å²) in [6.45, 7) is 0. The van der Waals surface area contributed by atoms with Gasteiger partial charge < -0.3 is 9.72 Å². The number of aromatic amines is 1. The highest BCUT2D eigenvalue weighted by Crippen LogP contribution is 2.30. The number of para-hydroxylation sites is 1. The van der Waals surface area contributed by atoms with Crippen molar-refractivity contribution in [1.29, 1.82) is 0 Å². The van der Waals surface area contributed by atoms with Crippen LogP contribution in [0.4, 0.5) is 5.00 Å². The van der Waals surface area contributed by atoms with Gasteiger partial charge in [-0.3, -0.25) is 14.9 Å². The maximum absolute atomic E-state index is 13.3. The summed E-state index contributed by atoms with van der Waals surface area (Å²) in [5.74, 6) is -1.17. The third-order valence-electron chi connectivity index (χ3n) is 4.39. The molecular weight excluding hydrogens is 392 g/mol. The van der Waals surface area contributed by atoms with Crippen LogP contribution in [-0.2, 0) is 4.74 Å². The fourth-order valence-electron chi connectivity index (χ4n) is 3.02. The van der Waals surface area contributed by atoms with Crippen LogP contribution in [0.1, 0.15) is 31.7 Å². The molecule has 0 radical (unpaired) electrons. The van der Waals surface area contributed by atoms with Gasteiger partial charge in [0.1, 0.15) is 4.88 Å². The van der Waals surface area contributed by atoms with Gasteiger partial charge in [-0.1, -0.05) is 59.9 Å². The second-order valence-electron chi connectivity index (χ2n) is 6.20. The Morgan fingerprint density at radius 1 is 1.00 bits per heavy atom. The Morgan fingerprint density at radius 3 is 2.45 bits per heavy atom. The molecule has 0 aliphatic rings. The first kappa shape index (κ1) is 18.6. The predicted molar refractivity (Wildman–Crippen MR) is 108 cm³/mol. The molecule has 4 rings (SSSR count). The third kappa shape index (κ3) is 3.65. The number of carbonyl (C=O) groups is 2. The Morgan fingerprint density at radius 2 is 1.72 bits per heavy atom. The van der Waals surface area contributed by atoms with Crippen LogP contribution in [0.15, 0.2) is 72.9 Å². The van der Waals surface area contributed by atoms with Crippen molar-refractivity contribution < 1.29 is 19.2 Å². The topological polar surface area (TPSA) is 102 Å². The molecule has 0 aliphatic heterocycles. The number of nitro groups is 1. The van der Waals surface area contributed by atoms with E-state index in [2.05, 4.69) is 4.98 Å². The molecule has 29 heavy (non-hydrogen) atoms. The van der Waals surface area contributed by atoms with Gasteiger partial charge in [0.2, 0.25) is 5.78 Å². The van der Waals surface area contributed by atoms with E-state index in [0.717, 1.165) is 10.9 Å². The van der Waals surface area contributed by atoms with Gasteiger partial charge in [-0.25, -0.2) is 4.79 Å². The largest absolute Gasteiger partial charge is 0.445 e. The molecule has 0 unspecified atom stereocenters. The van der Waals surface area contributed by atoms with Crippen molar-refractivity contribution >= 4 is 39.0 Å². The number of benzene rings is 2. The quantitative estimate of drug-likeness (QED) is 0.212. The fourth-order valence-corrected chi connectivity index (χ4v) is 3.72.